The molecule has 0 aliphatic carbocycles. The number of aromatic nitrogens is 4. The topological polar surface area (TPSA) is 55.6 Å². The number of nitrogens with zero attached hydrogens (tertiary/aromatic N) is 4. The number of hydrogen-bond acceptors (Lipinski definition) is 4. The van der Waals surface area contributed by atoms with E-state index in [2.05, 4.69) is 27.5 Å². The van der Waals surface area contributed by atoms with Gasteiger partial charge in [-0.3, -0.25) is 9.67 Å². The molecule has 0 aliphatic rings. The van der Waals surface area contributed by atoms with Crippen LogP contribution in [-0.4, -0.2) is 20.0 Å². The molecule has 1 N–H and O–H groups in total. The Morgan fingerprint density at radius 2 is 2.12 bits per heavy atom. The third-order valence-electron chi connectivity index (χ3n) is 2.60. The van der Waals surface area contributed by atoms with Gasteiger partial charge < -0.3 is 5.32 Å². The SMILES string of the molecule is C[C@H](NCc1cnnn1C)c1ccncc1. The number of aryl methyl sites for hydroxylation is 1. The highest BCUT2D eigenvalue weighted by Crippen LogP contribution is 2.10. The Bertz CT molecular complexity index is 437. The Morgan fingerprint density at radius 1 is 1.38 bits per heavy atom. The smallest absolute Gasteiger partial charge is 0.0738 e. The van der Waals surface area contributed by atoms with E-state index in [0.717, 1.165) is 12.2 Å². The fraction of sp³-hybridized carbons (Fsp3) is 0.364. The number of rotatable bonds is 4. The van der Waals surface area contributed by atoms with Crippen molar-refractivity contribution in [2.45, 2.75) is 19.5 Å². The summed E-state index contributed by atoms with van der Waals surface area (Å²) in [4.78, 5) is 4.00. The summed E-state index contributed by atoms with van der Waals surface area (Å²) in [6, 6.07) is 4.32. The molecule has 2 aromatic heterocycles. The molecule has 1 atom stereocenters. The Kier molecular flexibility index (Phi) is 3.26. The van der Waals surface area contributed by atoms with Gasteiger partial charge in [-0.2, -0.15) is 0 Å². The molecule has 0 aromatic carbocycles. The molecule has 0 spiro atoms. The second-order valence-corrected chi connectivity index (χ2v) is 3.73. The minimum absolute atomic E-state index is 0.290. The van der Waals surface area contributed by atoms with Crippen molar-refractivity contribution < 1.29 is 0 Å². The van der Waals surface area contributed by atoms with Crippen LogP contribution in [0, 0.1) is 0 Å². The lowest BCUT2D eigenvalue weighted by molar-refractivity contribution is 0.546. The van der Waals surface area contributed by atoms with Crippen molar-refractivity contribution in [3.8, 4) is 0 Å². The molecule has 0 aliphatic heterocycles. The first-order chi connectivity index (χ1) is 7.77. The van der Waals surface area contributed by atoms with E-state index in [-0.39, 0.29) is 6.04 Å². The summed E-state index contributed by atoms with van der Waals surface area (Å²) in [6.45, 7) is 2.88. The van der Waals surface area contributed by atoms with E-state index in [1.807, 2.05) is 19.2 Å². The van der Waals surface area contributed by atoms with Crippen LogP contribution in [0.15, 0.2) is 30.7 Å². The van der Waals surface area contributed by atoms with Crippen LogP contribution in [0.25, 0.3) is 0 Å². The Hall–Kier alpha value is -1.75. The van der Waals surface area contributed by atoms with Gasteiger partial charge in [0.1, 0.15) is 0 Å². The molecule has 0 radical (unpaired) electrons. The molecule has 0 amide bonds. The van der Waals surface area contributed by atoms with E-state index >= 15 is 0 Å². The molecule has 0 saturated heterocycles. The van der Waals surface area contributed by atoms with Crippen LogP contribution >= 0.6 is 0 Å². The number of nitrogens with one attached hydrogen (secondary N) is 1. The van der Waals surface area contributed by atoms with Crippen molar-refractivity contribution in [2.75, 3.05) is 0 Å². The zero-order valence-corrected chi connectivity index (χ0v) is 9.46. The van der Waals surface area contributed by atoms with E-state index < -0.39 is 0 Å². The minimum atomic E-state index is 0.290. The normalized spacial score (nSPS) is 12.6. The summed E-state index contributed by atoms with van der Waals surface area (Å²) in [5.74, 6) is 0. The summed E-state index contributed by atoms with van der Waals surface area (Å²) in [7, 11) is 1.89. The van der Waals surface area contributed by atoms with Gasteiger partial charge in [0.2, 0.25) is 0 Å². The lowest BCUT2D eigenvalue weighted by Gasteiger charge is -2.13. The monoisotopic (exact) mass is 217 g/mol. The maximum absolute atomic E-state index is 4.00. The van der Waals surface area contributed by atoms with Crippen LogP contribution in [0.4, 0.5) is 0 Å². The fourth-order valence-electron chi connectivity index (χ4n) is 1.50. The van der Waals surface area contributed by atoms with Crippen LogP contribution in [-0.2, 0) is 13.6 Å². The Labute approximate surface area is 94.5 Å². The Balaban J connectivity index is 1.94. The second kappa shape index (κ2) is 4.85. The molecule has 0 bridgehead atoms. The molecule has 0 fully saturated rings. The first-order valence-electron chi connectivity index (χ1n) is 5.24. The van der Waals surface area contributed by atoms with Gasteiger partial charge in [-0.15, -0.1) is 5.10 Å². The average molecular weight is 217 g/mol. The molecular weight excluding hydrogens is 202 g/mol. The molecule has 2 heterocycles. The van der Waals surface area contributed by atoms with Gasteiger partial charge in [0, 0.05) is 32.0 Å². The zero-order chi connectivity index (χ0) is 11.4. The molecule has 84 valence electrons. The standard InChI is InChI=1S/C11H15N5/c1-9(10-3-5-12-6-4-10)13-7-11-8-14-15-16(11)2/h3-6,8-9,13H,7H2,1-2H3/t9-/m0/s1. The molecule has 16 heavy (non-hydrogen) atoms. The fourth-order valence-corrected chi connectivity index (χ4v) is 1.50. The maximum Gasteiger partial charge on any atom is 0.0738 e. The highest BCUT2D eigenvalue weighted by molar-refractivity contribution is 5.14. The quantitative estimate of drug-likeness (QED) is 0.832. The predicted molar refractivity (Wildman–Crippen MR) is 60.5 cm³/mol. The van der Waals surface area contributed by atoms with Crippen molar-refractivity contribution in [1.29, 1.82) is 0 Å². The van der Waals surface area contributed by atoms with Gasteiger partial charge in [-0.25, -0.2) is 0 Å². The van der Waals surface area contributed by atoms with Crippen LogP contribution in [0.2, 0.25) is 0 Å². The van der Waals surface area contributed by atoms with Gasteiger partial charge in [0.05, 0.1) is 11.9 Å². The third kappa shape index (κ3) is 2.43. The molecule has 0 unspecified atom stereocenters. The van der Waals surface area contributed by atoms with Gasteiger partial charge in [-0.1, -0.05) is 5.21 Å². The van der Waals surface area contributed by atoms with E-state index in [9.17, 15) is 0 Å². The summed E-state index contributed by atoms with van der Waals surface area (Å²) in [5, 5.41) is 11.1. The average Bonchev–Trinajstić information content (AvgIpc) is 2.73. The van der Waals surface area contributed by atoms with Gasteiger partial charge in [0.25, 0.3) is 0 Å². The van der Waals surface area contributed by atoms with E-state index in [4.69, 9.17) is 0 Å². The Morgan fingerprint density at radius 3 is 2.75 bits per heavy atom. The molecular formula is C11H15N5. The molecule has 2 rings (SSSR count). The summed E-state index contributed by atoms with van der Waals surface area (Å²) < 4.78 is 1.77. The lowest BCUT2D eigenvalue weighted by Crippen LogP contribution is -2.19. The summed E-state index contributed by atoms with van der Waals surface area (Å²) in [5.41, 5.74) is 2.30. The van der Waals surface area contributed by atoms with Crippen molar-refractivity contribution in [3.05, 3.63) is 42.0 Å². The van der Waals surface area contributed by atoms with Crippen molar-refractivity contribution >= 4 is 0 Å². The van der Waals surface area contributed by atoms with E-state index in [0.29, 0.717) is 0 Å². The van der Waals surface area contributed by atoms with Crippen LogP contribution in [0.1, 0.15) is 24.2 Å². The third-order valence-corrected chi connectivity index (χ3v) is 2.60. The molecule has 0 saturated carbocycles. The molecule has 2 aromatic rings. The van der Waals surface area contributed by atoms with Crippen molar-refractivity contribution in [3.63, 3.8) is 0 Å². The highest BCUT2D eigenvalue weighted by atomic mass is 15.4. The number of pyridine rings is 1. The minimum Gasteiger partial charge on any atom is -0.305 e. The van der Waals surface area contributed by atoms with Gasteiger partial charge >= 0.3 is 0 Å². The van der Waals surface area contributed by atoms with E-state index in [1.165, 1.54) is 5.56 Å². The highest BCUT2D eigenvalue weighted by Gasteiger charge is 2.05. The van der Waals surface area contributed by atoms with E-state index in [1.54, 1.807) is 23.3 Å². The zero-order valence-electron chi connectivity index (χ0n) is 9.46. The second-order valence-electron chi connectivity index (χ2n) is 3.73. The molecule has 5 heteroatoms. The van der Waals surface area contributed by atoms with Gasteiger partial charge in [0.15, 0.2) is 0 Å². The van der Waals surface area contributed by atoms with Crippen molar-refractivity contribution in [2.24, 2.45) is 7.05 Å². The predicted octanol–water partition coefficient (Wildman–Crippen LogP) is 1.06. The summed E-state index contributed by atoms with van der Waals surface area (Å²) >= 11 is 0. The lowest BCUT2D eigenvalue weighted by atomic mass is 10.1. The molecule has 5 nitrogen and oxygen atoms in total. The largest absolute Gasteiger partial charge is 0.305 e. The van der Waals surface area contributed by atoms with Crippen LogP contribution < -0.4 is 5.32 Å². The maximum atomic E-state index is 4.00. The summed E-state index contributed by atoms with van der Waals surface area (Å²) in [6.07, 6.45) is 5.38. The van der Waals surface area contributed by atoms with Crippen molar-refractivity contribution in [1.82, 2.24) is 25.3 Å². The first kappa shape index (κ1) is 10.8. The number of hydrogen-bond donors (Lipinski definition) is 1. The van der Waals surface area contributed by atoms with Crippen LogP contribution in [0.3, 0.4) is 0 Å². The first-order valence-corrected chi connectivity index (χ1v) is 5.24. The van der Waals surface area contributed by atoms with Gasteiger partial charge in [-0.05, 0) is 24.6 Å². The van der Waals surface area contributed by atoms with Crippen LogP contribution in [0.5, 0.6) is 0 Å².